The summed E-state index contributed by atoms with van der Waals surface area (Å²) >= 11 is 0. The molecule has 1 aliphatic rings. The van der Waals surface area contributed by atoms with Crippen LogP contribution >= 0.6 is 0 Å². The second-order valence-electron chi connectivity index (χ2n) is 2.42. The molecular formula is C6H10N2O4. The zero-order valence-corrected chi connectivity index (χ0v) is 6.49. The summed E-state index contributed by atoms with van der Waals surface area (Å²) in [7, 11) is 0. The number of rotatable bonds is 0. The van der Waals surface area contributed by atoms with Crippen LogP contribution in [0.25, 0.3) is 0 Å². The van der Waals surface area contributed by atoms with Gasteiger partial charge in [-0.05, 0) is 12.8 Å². The van der Waals surface area contributed by atoms with Crippen molar-refractivity contribution in [3.05, 3.63) is 0 Å². The lowest BCUT2D eigenvalue weighted by atomic mass is 10.2. The van der Waals surface area contributed by atoms with Crippen LogP contribution in [0.1, 0.15) is 25.7 Å². The average molecular weight is 174 g/mol. The largest absolute Gasteiger partial charge is 0.330 e. The Morgan fingerprint density at radius 3 is 1.92 bits per heavy atom. The van der Waals surface area contributed by atoms with Crippen molar-refractivity contribution in [3.63, 3.8) is 0 Å². The van der Waals surface area contributed by atoms with Crippen LogP contribution in [-0.2, 0) is 19.3 Å². The lowest BCUT2D eigenvalue weighted by Crippen LogP contribution is -2.35. The Bertz CT molecular complexity index is 174. The smallest absolute Gasteiger partial charge is 0.319 e. The number of hydrazine groups is 1. The molecule has 0 bridgehead atoms. The third-order valence-corrected chi connectivity index (χ3v) is 1.40. The fourth-order valence-electron chi connectivity index (χ4n) is 0.849. The van der Waals surface area contributed by atoms with Gasteiger partial charge in [0.25, 0.3) is 0 Å². The van der Waals surface area contributed by atoms with Crippen molar-refractivity contribution in [2.45, 2.75) is 25.7 Å². The predicted molar refractivity (Wildman–Crippen MR) is 36.7 cm³/mol. The number of nitrogens with zero attached hydrogens (tertiary/aromatic N) is 1. The quantitative estimate of drug-likeness (QED) is 0.505. The van der Waals surface area contributed by atoms with Crippen molar-refractivity contribution in [2.75, 3.05) is 0 Å². The minimum atomic E-state index is -0.493. The van der Waals surface area contributed by atoms with E-state index in [4.69, 9.17) is 5.84 Å². The van der Waals surface area contributed by atoms with Crippen molar-refractivity contribution in [1.29, 1.82) is 0 Å². The summed E-state index contributed by atoms with van der Waals surface area (Å²) in [6.45, 7) is 0. The van der Waals surface area contributed by atoms with E-state index in [1.165, 1.54) is 0 Å². The van der Waals surface area contributed by atoms with Gasteiger partial charge in [0.2, 0.25) is 0 Å². The molecule has 12 heavy (non-hydrogen) atoms. The molecular weight excluding hydrogens is 164 g/mol. The zero-order chi connectivity index (χ0) is 8.97. The summed E-state index contributed by atoms with van der Waals surface area (Å²) < 4.78 is 0. The number of hydrogen-bond acceptors (Lipinski definition) is 6. The maximum atomic E-state index is 10.8. The standard InChI is InChI=1S/C6H10N2O4/c7-8-11-5(9)3-1-2-4-6(10)12-8/h1-4,7H2. The SMILES string of the molecule is NN1OC(=O)CCCCC(=O)O1. The number of carbonyl (C=O) groups excluding carboxylic acids is 2. The first-order chi connectivity index (χ1) is 5.68. The topological polar surface area (TPSA) is 81.9 Å². The molecule has 1 rings (SSSR count). The molecule has 0 saturated carbocycles. The molecule has 2 N–H and O–H groups in total. The number of nitrogens with two attached hydrogens (primary N) is 1. The van der Waals surface area contributed by atoms with Crippen LogP contribution in [-0.4, -0.2) is 17.3 Å². The van der Waals surface area contributed by atoms with Gasteiger partial charge in [-0.25, -0.2) is 0 Å². The van der Waals surface area contributed by atoms with E-state index in [-0.39, 0.29) is 12.8 Å². The first-order valence-corrected chi connectivity index (χ1v) is 3.65. The van der Waals surface area contributed by atoms with Crippen LogP contribution in [0.5, 0.6) is 0 Å². The van der Waals surface area contributed by atoms with Gasteiger partial charge < -0.3 is 9.68 Å². The van der Waals surface area contributed by atoms with Crippen LogP contribution in [0.3, 0.4) is 0 Å². The third-order valence-electron chi connectivity index (χ3n) is 1.40. The van der Waals surface area contributed by atoms with E-state index in [1.54, 1.807) is 0 Å². The summed E-state index contributed by atoms with van der Waals surface area (Å²) in [5, 5.41) is 0.302. The summed E-state index contributed by atoms with van der Waals surface area (Å²) in [4.78, 5) is 30.3. The molecule has 0 amide bonds. The highest BCUT2D eigenvalue weighted by molar-refractivity contribution is 5.71. The van der Waals surface area contributed by atoms with Gasteiger partial charge in [0.1, 0.15) is 5.34 Å². The molecule has 6 heteroatoms. The first-order valence-electron chi connectivity index (χ1n) is 3.65. The lowest BCUT2D eigenvalue weighted by Gasteiger charge is -2.11. The molecule has 0 aromatic carbocycles. The molecule has 68 valence electrons. The molecule has 0 aliphatic carbocycles. The second kappa shape index (κ2) is 4.03. The molecule has 1 heterocycles. The molecule has 0 aromatic rings. The van der Waals surface area contributed by atoms with Crippen LogP contribution in [0.4, 0.5) is 0 Å². The summed E-state index contributed by atoms with van der Waals surface area (Å²) in [6.07, 6.45) is 1.73. The predicted octanol–water partition coefficient (Wildman–Crippen LogP) is -0.348. The van der Waals surface area contributed by atoms with Crippen LogP contribution in [0.15, 0.2) is 0 Å². The van der Waals surface area contributed by atoms with E-state index < -0.39 is 11.9 Å². The average Bonchev–Trinajstić information content (AvgIpc) is 2.01. The number of hydrogen-bond donors (Lipinski definition) is 1. The van der Waals surface area contributed by atoms with Gasteiger partial charge in [0.15, 0.2) is 0 Å². The van der Waals surface area contributed by atoms with Crippen LogP contribution < -0.4 is 5.84 Å². The second-order valence-corrected chi connectivity index (χ2v) is 2.42. The third kappa shape index (κ3) is 2.85. The van der Waals surface area contributed by atoms with Gasteiger partial charge in [0.05, 0.1) is 0 Å². The highest BCUT2D eigenvalue weighted by Gasteiger charge is 2.16. The van der Waals surface area contributed by atoms with E-state index in [2.05, 4.69) is 9.68 Å². The molecule has 1 fully saturated rings. The maximum Gasteiger partial charge on any atom is 0.330 e. The molecule has 0 spiro atoms. The van der Waals surface area contributed by atoms with Gasteiger partial charge in [-0.1, -0.05) is 0 Å². The Kier molecular flexibility index (Phi) is 3.01. The van der Waals surface area contributed by atoms with Crippen molar-refractivity contribution in [1.82, 2.24) is 5.34 Å². The van der Waals surface area contributed by atoms with E-state index in [9.17, 15) is 9.59 Å². The maximum absolute atomic E-state index is 10.8. The van der Waals surface area contributed by atoms with Crippen LogP contribution in [0, 0.1) is 0 Å². The van der Waals surface area contributed by atoms with Crippen molar-refractivity contribution < 1.29 is 19.3 Å². The van der Waals surface area contributed by atoms with Gasteiger partial charge in [-0.2, -0.15) is 5.84 Å². The van der Waals surface area contributed by atoms with Crippen LogP contribution in [0.2, 0.25) is 0 Å². The fraction of sp³-hybridized carbons (Fsp3) is 0.667. The Hall–Kier alpha value is -1.14. The van der Waals surface area contributed by atoms with Crippen molar-refractivity contribution >= 4 is 11.9 Å². The zero-order valence-electron chi connectivity index (χ0n) is 6.49. The molecule has 0 aromatic heterocycles. The Balaban J connectivity index is 2.48. The highest BCUT2D eigenvalue weighted by atomic mass is 17.0. The minimum Gasteiger partial charge on any atom is -0.319 e. The molecule has 0 radical (unpaired) electrons. The minimum absolute atomic E-state index is 0.254. The Morgan fingerprint density at radius 1 is 1.08 bits per heavy atom. The molecule has 6 nitrogen and oxygen atoms in total. The normalized spacial score (nSPS) is 21.8. The highest BCUT2D eigenvalue weighted by Crippen LogP contribution is 2.06. The fourth-order valence-corrected chi connectivity index (χ4v) is 0.849. The first kappa shape index (κ1) is 8.95. The number of carbonyl (C=O) groups is 2. The summed E-state index contributed by atoms with van der Waals surface area (Å²) in [6, 6.07) is 0. The monoisotopic (exact) mass is 174 g/mol. The van der Waals surface area contributed by atoms with E-state index in [0.717, 1.165) is 0 Å². The summed E-state index contributed by atoms with van der Waals surface area (Å²) in [5.74, 6) is 4.02. The molecule has 0 atom stereocenters. The van der Waals surface area contributed by atoms with E-state index in [0.29, 0.717) is 18.2 Å². The van der Waals surface area contributed by atoms with Gasteiger partial charge in [-0.3, -0.25) is 9.59 Å². The molecule has 1 aliphatic heterocycles. The Morgan fingerprint density at radius 2 is 1.50 bits per heavy atom. The lowest BCUT2D eigenvalue weighted by molar-refractivity contribution is -0.327. The van der Waals surface area contributed by atoms with Gasteiger partial charge in [-0.15, -0.1) is 0 Å². The Labute approximate surface area is 69.1 Å². The molecule has 0 unspecified atom stereocenters. The van der Waals surface area contributed by atoms with E-state index in [1.807, 2.05) is 0 Å². The van der Waals surface area contributed by atoms with E-state index >= 15 is 0 Å². The van der Waals surface area contributed by atoms with Crippen molar-refractivity contribution in [3.8, 4) is 0 Å². The molecule has 1 saturated heterocycles. The van der Waals surface area contributed by atoms with Gasteiger partial charge in [0, 0.05) is 12.8 Å². The van der Waals surface area contributed by atoms with Gasteiger partial charge >= 0.3 is 11.9 Å². The van der Waals surface area contributed by atoms with Crippen molar-refractivity contribution in [2.24, 2.45) is 5.84 Å². The summed E-state index contributed by atoms with van der Waals surface area (Å²) in [5.41, 5.74) is 0.